The lowest BCUT2D eigenvalue weighted by molar-refractivity contribution is -0.385. The number of nitro groups is 1. The highest BCUT2D eigenvalue weighted by Crippen LogP contribution is 2.24. The highest BCUT2D eigenvalue weighted by Gasteiger charge is 2.40. The molecule has 0 aromatic heterocycles. The lowest BCUT2D eigenvalue weighted by Crippen LogP contribution is -2.38. The van der Waals surface area contributed by atoms with Crippen molar-refractivity contribution >= 4 is 11.7 Å². The lowest BCUT2D eigenvalue weighted by atomic mass is 10.1. The molecule has 1 rings (SSSR count). The van der Waals surface area contributed by atoms with Gasteiger partial charge < -0.3 is 10.4 Å². The summed E-state index contributed by atoms with van der Waals surface area (Å²) in [6, 6.07) is 3.29. The van der Waals surface area contributed by atoms with Gasteiger partial charge in [-0.3, -0.25) is 10.1 Å². The van der Waals surface area contributed by atoms with Crippen LogP contribution in [0.5, 0.6) is 0 Å². The van der Waals surface area contributed by atoms with E-state index in [0.29, 0.717) is 0 Å². The largest absolute Gasteiger partial charge is 0.477 e. The predicted molar refractivity (Wildman–Crippen MR) is 62.7 cm³/mol. The zero-order valence-corrected chi connectivity index (χ0v) is 10.4. The van der Waals surface area contributed by atoms with Gasteiger partial charge in [0.05, 0.1) is 11.5 Å². The van der Waals surface area contributed by atoms with Gasteiger partial charge in [-0.05, 0) is 5.56 Å². The summed E-state index contributed by atoms with van der Waals surface area (Å²) in [7, 11) is 0. The van der Waals surface area contributed by atoms with Crippen LogP contribution in [0.25, 0.3) is 0 Å². The average Bonchev–Trinajstić information content (AvgIpc) is 2.37. The zero-order valence-electron chi connectivity index (χ0n) is 10.4. The molecule has 0 aliphatic rings. The zero-order chi connectivity index (χ0) is 16.2. The number of carboxylic acids is 1. The molecule has 21 heavy (non-hydrogen) atoms. The van der Waals surface area contributed by atoms with Crippen LogP contribution in [0, 0.1) is 10.1 Å². The van der Waals surface area contributed by atoms with Crippen molar-refractivity contribution in [3.8, 4) is 0 Å². The molecule has 0 radical (unpaired) electrons. The van der Waals surface area contributed by atoms with E-state index in [0.717, 1.165) is 6.07 Å². The van der Waals surface area contributed by atoms with E-state index in [4.69, 9.17) is 5.11 Å². The van der Waals surface area contributed by atoms with Crippen molar-refractivity contribution in [3.63, 3.8) is 0 Å². The molecule has 2 N–H and O–H groups in total. The number of nitrogens with one attached hydrogen (secondary N) is 1. The number of nitro benzene ring substituents is 1. The molecule has 0 amide bonds. The van der Waals surface area contributed by atoms with Crippen molar-refractivity contribution in [3.05, 3.63) is 39.4 Å². The Hall–Kier alpha value is -2.23. The number of carbonyl (C=O) groups is 1. The van der Waals surface area contributed by atoms with Crippen LogP contribution in [0.2, 0.25) is 0 Å². The number of aromatic carboxylic acids is 1. The maximum atomic E-state index is 12.7. The van der Waals surface area contributed by atoms with Gasteiger partial charge in [-0.1, -0.05) is 12.1 Å². The maximum Gasteiger partial charge on any atom is 0.343 e. The van der Waals surface area contributed by atoms with E-state index < -0.39 is 47.6 Å². The first-order valence-electron chi connectivity index (χ1n) is 5.53. The van der Waals surface area contributed by atoms with Crippen molar-refractivity contribution in [2.45, 2.75) is 18.9 Å². The SMILES string of the molecule is O=C(O)c1c(CNCC(F)(F)C(F)F)cccc1[N+](=O)[O-]. The van der Waals surface area contributed by atoms with E-state index in [1.54, 1.807) is 0 Å². The molecular formula is C11H10F4N2O4. The summed E-state index contributed by atoms with van der Waals surface area (Å²) in [5.74, 6) is -5.89. The number of rotatable bonds is 7. The summed E-state index contributed by atoms with van der Waals surface area (Å²) in [5, 5.41) is 21.6. The van der Waals surface area contributed by atoms with E-state index in [1.807, 2.05) is 5.32 Å². The van der Waals surface area contributed by atoms with Gasteiger partial charge in [-0.25, -0.2) is 13.6 Å². The molecular weight excluding hydrogens is 300 g/mol. The Kier molecular flexibility index (Phi) is 5.19. The summed E-state index contributed by atoms with van der Waals surface area (Å²) in [6.45, 7) is -1.90. The smallest absolute Gasteiger partial charge is 0.343 e. The summed E-state index contributed by atoms with van der Waals surface area (Å²) in [6.07, 6.45) is -3.87. The van der Waals surface area contributed by atoms with Crippen molar-refractivity contribution < 1.29 is 32.4 Å². The Morgan fingerprint density at radius 2 is 2.05 bits per heavy atom. The second kappa shape index (κ2) is 6.48. The third-order valence-electron chi connectivity index (χ3n) is 2.53. The van der Waals surface area contributed by atoms with E-state index in [9.17, 15) is 32.5 Å². The van der Waals surface area contributed by atoms with Crippen LogP contribution in [-0.4, -0.2) is 34.9 Å². The minimum absolute atomic E-state index is 0.151. The molecule has 0 heterocycles. The molecule has 0 fully saturated rings. The van der Waals surface area contributed by atoms with Gasteiger partial charge in [0.2, 0.25) is 0 Å². The average molecular weight is 310 g/mol. The first kappa shape index (κ1) is 16.8. The molecule has 0 spiro atoms. The van der Waals surface area contributed by atoms with Crippen LogP contribution >= 0.6 is 0 Å². The molecule has 116 valence electrons. The molecule has 0 bridgehead atoms. The van der Waals surface area contributed by atoms with Crippen molar-refractivity contribution in [2.75, 3.05) is 6.54 Å². The van der Waals surface area contributed by atoms with Gasteiger partial charge in [0.1, 0.15) is 5.56 Å². The molecule has 10 heteroatoms. The molecule has 1 aromatic rings. The molecule has 6 nitrogen and oxygen atoms in total. The van der Waals surface area contributed by atoms with Crippen LogP contribution in [0.15, 0.2) is 18.2 Å². The minimum atomic E-state index is -4.27. The molecule has 0 aliphatic heterocycles. The van der Waals surface area contributed by atoms with Crippen LogP contribution in [0.1, 0.15) is 15.9 Å². The fourth-order valence-electron chi connectivity index (χ4n) is 1.57. The first-order valence-corrected chi connectivity index (χ1v) is 5.53. The number of benzene rings is 1. The highest BCUT2D eigenvalue weighted by atomic mass is 19.3. The normalized spacial score (nSPS) is 11.7. The quantitative estimate of drug-likeness (QED) is 0.458. The first-order chi connectivity index (χ1) is 9.66. The molecule has 1 aromatic carbocycles. The Bertz CT molecular complexity index is 551. The summed E-state index contributed by atoms with van der Waals surface area (Å²) < 4.78 is 49.2. The van der Waals surface area contributed by atoms with E-state index in [1.165, 1.54) is 12.1 Å². The van der Waals surface area contributed by atoms with Crippen LogP contribution in [0.3, 0.4) is 0 Å². The lowest BCUT2D eigenvalue weighted by Gasteiger charge is -2.16. The van der Waals surface area contributed by atoms with Gasteiger partial charge in [0, 0.05) is 12.6 Å². The Balaban J connectivity index is 2.92. The Morgan fingerprint density at radius 3 is 2.52 bits per heavy atom. The van der Waals surface area contributed by atoms with Gasteiger partial charge in [0.25, 0.3) is 5.69 Å². The van der Waals surface area contributed by atoms with Crippen LogP contribution in [-0.2, 0) is 6.54 Å². The molecule has 0 saturated heterocycles. The monoisotopic (exact) mass is 310 g/mol. The molecule has 0 atom stereocenters. The van der Waals surface area contributed by atoms with Crippen molar-refractivity contribution in [2.24, 2.45) is 0 Å². The maximum absolute atomic E-state index is 12.7. The summed E-state index contributed by atoms with van der Waals surface area (Å²) >= 11 is 0. The van der Waals surface area contributed by atoms with E-state index >= 15 is 0 Å². The predicted octanol–water partition coefficient (Wildman–Crippen LogP) is 2.28. The van der Waals surface area contributed by atoms with Crippen molar-refractivity contribution in [1.29, 1.82) is 0 Å². The number of hydrogen-bond acceptors (Lipinski definition) is 4. The third kappa shape index (κ3) is 4.12. The van der Waals surface area contributed by atoms with E-state index in [-0.39, 0.29) is 5.56 Å². The van der Waals surface area contributed by atoms with E-state index in [2.05, 4.69) is 0 Å². The molecule has 0 unspecified atom stereocenters. The minimum Gasteiger partial charge on any atom is -0.477 e. The standard InChI is InChI=1S/C11H10F4N2O4/c12-10(13)11(14,15)5-16-4-6-2-1-3-7(17(20)21)8(6)9(18)19/h1-3,10,16H,4-5H2,(H,18,19). The highest BCUT2D eigenvalue weighted by molar-refractivity contribution is 5.94. The third-order valence-corrected chi connectivity index (χ3v) is 2.53. The van der Waals surface area contributed by atoms with Gasteiger partial charge in [0.15, 0.2) is 0 Å². The Labute approximate surface area is 115 Å². The molecule has 0 saturated carbocycles. The summed E-state index contributed by atoms with van der Waals surface area (Å²) in [5.41, 5.74) is -1.53. The fourth-order valence-corrected chi connectivity index (χ4v) is 1.57. The van der Waals surface area contributed by atoms with Crippen LogP contribution < -0.4 is 5.32 Å². The van der Waals surface area contributed by atoms with Crippen molar-refractivity contribution in [1.82, 2.24) is 5.32 Å². The van der Waals surface area contributed by atoms with Gasteiger partial charge >= 0.3 is 18.3 Å². The Morgan fingerprint density at radius 1 is 1.43 bits per heavy atom. The van der Waals surface area contributed by atoms with Gasteiger partial charge in [-0.2, -0.15) is 8.78 Å². The summed E-state index contributed by atoms with van der Waals surface area (Å²) in [4.78, 5) is 20.8. The number of halogens is 4. The topological polar surface area (TPSA) is 92.5 Å². The fraction of sp³-hybridized carbons (Fsp3) is 0.364. The number of hydrogen-bond donors (Lipinski definition) is 2. The van der Waals surface area contributed by atoms with Crippen LogP contribution in [0.4, 0.5) is 23.2 Å². The number of carboxylic acid groups (broad SMARTS) is 1. The number of nitrogens with zero attached hydrogens (tertiary/aromatic N) is 1. The molecule has 0 aliphatic carbocycles. The number of alkyl halides is 4. The second-order valence-electron chi connectivity index (χ2n) is 4.04. The second-order valence-corrected chi connectivity index (χ2v) is 4.04. The van der Waals surface area contributed by atoms with Gasteiger partial charge in [-0.15, -0.1) is 0 Å².